The second kappa shape index (κ2) is 7.52. The summed E-state index contributed by atoms with van der Waals surface area (Å²) in [5.41, 5.74) is 0.785. The molecular formula is C17H19N3O5S. The van der Waals surface area contributed by atoms with E-state index in [2.05, 4.69) is 5.32 Å². The van der Waals surface area contributed by atoms with E-state index in [1.165, 1.54) is 32.0 Å². The second-order valence-electron chi connectivity index (χ2n) is 5.77. The van der Waals surface area contributed by atoms with Crippen molar-refractivity contribution in [3.63, 3.8) is 0 Å². The molecule has 9 heteroatoms. The number of hydrogen-bond donors (Lipinski definition) is 1. The van der Waals surface area contributed by atoms with E-state index in [1.54, 1.807) is 30.3 Å². The lowest BCUT2D eigenvalue weighted by molar-refractivity contribution is -0.385. The summed E-state index contributed by atoms with van der Waals surface area (Å²) in [4.78, 5) is 23.1. The van der Waals surface area contributed by atoms with Gasteiger partial charge in [-0.2, -0.15) is 0 Å². The smallest absolute Gasteiger partial charge is 0.274 e. The normalized spacial score (nSPS) is 12.3. The van der Waals surface area contributed by atoms with E-state index in [0.29, 0.717) is 11.3 Å². The number of anilines is 2. The Morgan fingerprint density at radius 3 is 2.31 bits per heavy atom. The second-order valence-corrected chi connectivity index (χ2v) is 7.63. The highest BCUT2D eigenvalue weighted by Gasteiger charge is 2.29. The minimum absolute atomic E-state index is 0.126. The maximum absolute atomic E-state index is 12.6. The van der Waals surface area contributed by atoms with Crippen LogP contribution in [-0.2, 0) is 14.8 Å². The van der Waals surface area contributed by atoms with Crippen molar-refractivity contribution in [1.82, 2.24) is 0 Å². The molecule has 138 valence electrons. The lowest BCUT2D eigenvalue weighted by Gasteiger charge is -2.28. The molecule has 2 aromatic rings. The summed E-state index contributed by atoms with van der Waals surface area (Å²) in [6, 6.07) is 11.5. The van der Waals surface area contributed by atoms with Crippen LogP contribution in [0.5, 0.6) is 0 Å². The molecule has 0 fully saturated rings. The van der Waals surface area contributed by atoms with Crippen molar-refractivity contribution in [2.45, 2.75) is 19.9 Å². The van der Waals surface area contributed by atoms with Gasteiger partial charge in [0, 0.05) is 6.07 Å². The molecule has 26 heavy (non-hydrogen) atoms. The number of para-hydroxylation sites is 1. The van der Waals surface area contributed by atoms with Crippen LogP contribution in [0.25, 0.3) is 0 Å². The van der Waals surface area contributed by atoms with Gasteiger partial charge >= 0.3 is 0 Å². The largest absolute Gasteiger partial charge is 0.324 e. The Morgan fingerprint density at radius 1 is 1.15 bits per heavy atom. The van der Waals surface area contributed by atoms with Gasteiger partial charge in [0.25, 0.3) is 5.69 Å². The van der Waals surface area contributed by atoms with Crippen LogP contribution in [0.3, 0.4) is 0 Å². The zero-order chi connectivity index (χ0) is 19.5. The van der Waals surface area contributed by atoms with Gasteiger partial charge in [0.1, 0.15) is 6.04 Å². The molecule has 0 saturated heterocycles. The van der Waals surface area contributed by atoms with Crippen molar-refractivity contribution in [2.24, 2.45) is 0 Å². The lowest BCUT2D eigenvalue weighted by Crippen LogP contribution is -2.45. The van der Waals surface area contributed by atoms with Gasteiger partial charge in [-0.3, -0.25) is 19.2 Å². The molecular weight excluding hydrogens is 358 g/mol. The zero-order valence-electron chi connectivity index (χ0n) is 14.5. The number of nitro groups is 1. The molecule has 8 nitrogen and oxygen atoms in total. The SMILES string of the molecule is Cc1c(NC(=O)[C@@H](C)N(c2ccccc2)S(C)(=O)=O)cccc1[N+](=O)[O-]. The third-order valence-corrected chi connectivity index (χ3v) is 5.10. The first kappa shape index (κ1) is 19.4. The maximum Gasteiger partial charge on any atom is 0.274 e. The molecule has 0 unspecified atom stereocenters. The monoisotopic (exact) mass is 377 g/mol. The topological polar surface area (TPSA) is 110 Å². The van der Waals surface area contributed by atoms with E-state index < -0.39 is 26.9 Å². The van der Waals surface area contributed by atoms with Gasteiger partial charge in [0.05, 0.1) is 28.1 Å². The van der Waals surface area contributed by atoms with E-state index in [0.717, 1.165) is 10.6 Å². The summed E-state index contributed by atoms with van der Waals surface area (Å²) >= 11 is 0. The van der Waals surface area contributed by atoms with Crippen molar-refractivity contribution in [3.8, 4) is 0 Å². The third-order valence-electron chi connectivity index (χ3n) is 3.86. The summed E-state index contributed by atoms with van der Waals surface area (Å²) in [5, 5.41) is 13.6. The maximum atomic E-state index is 12.6. The van der Waals surface area contributed by atoms with Crippen LogP contribution < -0.4 is 9.62 Å². The Labute approximate surface area is 151 Å². The minimum Gasteiger partial charge on any atom is -0.324 e. The quantitative estimate of drug-likeness (QED) is 0.615. The summed E-state index contributed by atoms with van der Waals surface area (Å²) < 4.78 is 25.4. The lowest BCUT2D eigenvalue weighted by atomic mass is 10.1. The fraction of sp³-hybridized carbons (Fsp3) is 0.235. The van der Waals surface area contributed by atoms with Crippen molar-refractivity contribution in [3.05, 3.63) is 64.2 Å². The van der Waals surface area contributed by atoms with E-state index in [1.807, 2.05) is 0 Å². The number of carbonyl (C=O) groups is 1. The van der Waals surface area contributed by atoms with E-state index in [-0.39, 0.29) is 11.4 Å². The van der Waals surface area contributed by atoms with E-state index in [9.17, 15) is 23.3 Å². The number of carbonyl (C=O) groups excluding carboxylic acids is 1. The molecule has 0 bridgehead atoms. The first-order valence-electron chi connectivity index (χ1n) is 7.72. The molecule has 0 spiro atoms. The van der Waals surface area contributed by atoms with Gasteiger partial charge in [-0.15, -0.1) is 0 Å². The zero-order valence-corrected chi connectivity index (χ0v) is 15.4. The number of benzene rings is 2. The average Bonchev–Trinajstić information content (AvgIpc) is 2.56. The highest BCUT2D eigenvalue weighted by molar-refractivity contribution is 7.92. The minimum atomic E-state index is -3.72. The molecule has 1 amide bonds. The summed E-state index contributed by atoms with van der Waals surface area (Å²) in [6.45, 7) is 2.97. The predicted octanol–water partition coefficient (Wildman–Crippen LogP) is 2.70. The average molecular weight is 377 g/mol. The third kappa shape index (κ3) is 4.17. The van der Waals surface area contributed by atoms with Crippen LogP contribution in [0.2, 0.25) is 0 Å². The summed E-state index contributed by atoms with van der Waals surface area (Å²) in [6.07, 6.45) is 1.02. The van der Waals surface area contributed by atoms with Crippen molar-refractivity contribution < 1.29 is 18.1 Å². The summed E-state index contributed by atoms with van der Waals surface area (Å²) in [5.74, 6) is -0.595. The number of hydrogen-bond acceptors (Lipinski definition) is 5. The Morgan fingerprint density at radius 2 is 1.77 bits per heavy atom. The van der Waals surface area contributed by atoms with E-state index in [4.69, 9.17) is 0 Å². The molecule has 0 radical (unpaired) electrons. The van der Waals surface area contributed by atoms with Crippen molar-refractivity contribution in [2.75, 3.05) is 15.9 Å². The Bertz CT molecular complexity index is 929. The predicted molar refractivity (Wildman–Crippen MR) is 99.7 cm³/mol. The van der Waals surface area contributed by atoms with Crippen molar-refractivity contribution >= 4 is 33.0 Å². The standard InChI is InChI=1S/C17H19N3O5S/c1-12-15(10-7-11-16(12)20(22)23)18-17(21)13(2)19(26(3,24)25)14-8-5-4-6-9-14/h4-11,13H,1-3H3,(H,18,21)/t13-/m1/s1. The van der Waals surface area contributed by atoms with Crippen LogP contribution in [0.4, 0.5) is 17.1 Å². The highest BCUT2D eigenvalue weighted by Crippen LogP contribution is 2.26. The van der Waals surface area contributed by atoms with Crippen molar-refractivity contribution in [1.29, 1.82) is 0 Å². The Kier molecular flexibility index (Phi) is 5.61. The first-order valence-corrected chi connectivity index (χ1v) is 9.57. The number of amides is 1. The van der Waals surface area contributed by atoms with Gasteiger partial charge in [-0.1, -0.05) is 24.3 Å². The fourth-order valence-corrected chi connectivity index (χ4v) is 3.75. The molecule has 1 atom stereocenters. The fourth-order valence-electron chi connectivity index (χ4n) is 2.58. The molecule has 0 heterocycles. The molecule has 0 saturated carbocycles. The van der Waals surface area contributed by atoms with Gasteiger partial charge < -0.3 is 5.32 Å². The number of nitro benzene ring substituents is 1. The van der Waals surface area contributed by atoms with Gasteiger partial charge in [0.2, 0.25) is 15.9 Å². The van der Waals surface area contributed by atoms with Gasteiger partial charge in [-0.25, -0.2) is 8.42 Å². The van der Waals surface area contributed by atoms with Crippen LogP contribution in [0.15, 0.2) is 48.5 Å². The van der Waals surface area contributed by atoms with Crippen LogP contribution in [0, 0.1) is 17.0 Å². The number of nitrogens with one attached hydrogen (secondary N) is 1. The number of rotatable bonds is 6. The number of sulfonamides is 1. The molecule has 0 aliphatic carbocycles. The number of nitrogens with zero attached hydrogens (tertiary/aromatic N) is 2. The molecule has 2 rings (SSSR count). The Hall–Kier alpha value is -2.94. The Balaban J connectivity index is 2.34. The molecule has 0 aliphatic heterocycles. The molecule has 1 N–H and O–H groups in total. The van der Waals surface area contributed by atoms with Crippen LogP contribution in [0.1, 0.15) is 12.5 Å². The molecule has 2 aromatic carbocycles. The first-order chi connectivity index (χ1) is 12.1. The highest BCUT2D eigenvalue weighted by atomic mass is 32.2. The van der Waals surface area contributed by atoms with Crippen LogP contribution in [-0.4, -0.2) is 31.5 Å². The molecule has 0 aliphatic rings. The van der Waals surface area contributed by atoms with Crippen LogP contribution >= 0.6 is 0 Å². The summed E-state index contributed by atoms with van der Waals surface area (Å²) in [7, 11) is -3.72. The van der Waals surface area contributed by atoms with Gasteiger partial charge in [0.15, 0.2) is 0 Å². The van der Waals surface area contributed by atoms with E-state index >= 15 is 0 Å². The molecule has 0 aromatic heterocycles. The van der Waals surface area contributed by atoms with Gasteiger partial charge in [-0.05, 0) is 32.0 Å².